The first-order valence-electron chi connectivity index (χ1n) is 7.19. The Labute approximate surface area is 149 Å². The maximum atomic E-state index is 12.6. The van der Waals surface area contributed by atoms with Gasteiger partial charge in [-0.15, -0.1) is 0 Å². The lowest BCUT2D eigenvalue weighted by Crippen LogP contribution is -2.05. The van der Waals surface area contributed by atoms with Crippen LogP contribution >= 0.6 is 0 Å². The van der Waals surface area contributed by atoms with Crippen molar-refractivity contribution < 1.29 is 26.9 Å². The van der Waals surface area contributed by atoms with Crippen LogP contribution in [0.2, 0.25) is 0 Å². The second-order valence-corrected chi connectivity index (χ2v) is 5.12. The average molecular weight is 386 g/mol. The van der Waals surface area contributed by atoms with E-state index in [9.17, 15) is 32.1 Å². The highest BCUT2D eigenvalue weighted by atomic mass is 19.4. The van der Waals surface area contributed by atoms with Gasteiger partial charge in [0.15, 0.2) is 0 Å². The van der Waals surface area contributed by atoms with Gasteiger partial charge in [-0.05, 0) is 24.3 Å². The van der Waals surface area contributed by atoms with Gasteiger partial charge in [-0.3, -0.25) is 10.1 Å². The third kappa shape index (κ3) is 5.06. The first-order chi connectivity index (χ1) is 12.6. The number of hydrogen-bond donors (Lipinski definition) is 1. The summed E-state index contributed by atoms with van der Waals surface area (Å²) in [7, 11) is 0. The first-order valence-corrected chi connectivity index (χ1v) is 7.19. The molecule has 0 radical (unpaired) electrons. The molecule has 0 aliphatic rings. The van der Waals surface area contributed by atoms with Gasteiger partial charge in [0.2, 0.25) is 0 Å². The molecule has 0 saturated carbocycles. The molecule has 1 aromatic heterocycles. The van der Waals surface area contributed by atoms with Gasteiger partial charge in [0.25, 0.3) is 5.69 Å². The van der Waals surface area contributed by atoms with Crippen LogP contribution in [0.5, 0.6) is 0 Å². The van der Waals surface area contributed by atoms with Crippen molar-refractivity contribution in [3.05, 3.63) is 63.8 Å². The second-order valence-electron chi connectivity index (χ2n) is 5.12. The summed E-state index contributed by atoms with van der Waals surface area (Å²) >= 11 is 0. The molecule has 0 spiro atoms. The summed E-state index contributed by atoms with van der Waals surface area (Å²) in [5.74, 6) is 0. The van der Waals surface area contributed by atoms with Crippen molar-refractivity contribution in [2.75, 3.05) is 0 Å². The molecule has 1 heterocycles. The molecular formula is C16H11F5N4O2. The van der Waals surface area contributed by atoms with Crippen molar-refractivity contribution in [2.45, 2.75) is 12.7 Å². The van der Waals surface area contributed by atoms with Crippen LogP contribution in [0.4, 0.5) is 27.6 Å². The van der Waals surface area contributed by atoms with E-state index in [-0.39, 0.29) is 22.5 Å². The Hall–Kier alpha value is -3.37. The summed E-state index contributed by atoms with van der Waals surface area (Å²) in [6.07, 6.45) is -1.98. The van der Waals surface area contributed by atoms with E-state index in [1.54, 1.807) is 0 Å². The lowest BCUT2D eigenvalue weighted by atomic mass is 10.0. The van der Waals surface area contributed by atoms with E-state index >= 15 is 0 Å². The van der Waals surface area contributed by atoms with Gasteiger partial charge in [-0.1, -0.05) is 12.1 Å². The van der Waals surface area contributed by atoms with Crippen molar-refractivity contribution in [3.8, 4) is 11.3 Å². The number of alkyl halides is 5. The van der Waals surface area contributed by atoms with Crippen LogP contribution < -0.4 is 5.73 Å². The minimum absolute atomic E-state index is 0.117. The monoisotopic (exact) mass is 386 g/mol. The molecule has 0 unspecified atom stereocenters. The number of halogens is 5. The van der Waals surface area contributed by atoms with Gasteiger partial charge in [0.05, 0.1) is 21.7 Å². The number of nitro groups is 1. The molecule has 0 aliphatic heterocycles. The molecule has 2 N–H and O–H groups in total. The van der Waals surface area contributed by atoms with Crippen LogP contribution in [0.3, 0.4) is 0 Å². The molecule has 2 aromatic rings. The molecule has 2 rings (SSSR count). The smallest absolute Gasteiger partial charge is 0.398 e. The van der Waals surface area contributed by atoms with Gasteiger partial charge in [0, 0.05) is 17.5 Å². The SMILES string of the molecule is N/C(=C\C=N\C(F)F)c1cc(-c2ccc(C(F)(F)F)cc2)ncc1[N+](=O)[O-]. The molecule has 0 atom stereocenters. The van der Waals surface area contributed by atoms with E-state index in [4.69, 9.17) is 5.73 Å². The molecule has 142 valence electrons. The summed E-state index contributed by atoms with van der Waals surface area (Å²) < 4.78 is 61.9. The number of benzene rings is 1. The molecule has 6 nitrogen and oxygen atoms in total. The van der Waals surface area contributed by atoms with Gasteiger partial charge >= 0.3 is 12.7 Å². The number of rotatable bonds is 5. The van der Waals surface area contributed by atoms with Crippen molar-refractivity contribution in [1.82, 2.24) is 4.98 Å². The highest BCUT2D eigenvalue weighted by Crippen LogP contribution is 2.32. The van der Waals surface area contributed by atoms with Crippen LogP contribution in [0.1, 0.15) is 11.1 Å². The normalized spacial score (nSPS) is 12.7. The molecule has 27 heavy (non-hydrogen) atoms. The standard InChI is InChI=1S/C16H11F5N4O2/c17-15(18)23-6-5-12(22)11-7-13(24-8-14(11)25(26)27)9-1-3-10(4-2-9)16(19,20)21/h1-8,15H,22H2/b12-5-,23-6+. The minimum Gasteiger partial charge on any atom is -0.398 e. The highest BCUT2D eigenvalue weighted by molar-refractivity contribution is 5.86. The fourth-order valence-electron chi connectivity index (χ4n) is 2.09. The molecule has 0 amide bonds. The Morgan fingerprint density at radius 3 is 2.41 bits per heavy atom. The van der Waals surface area contributed by atoms with Crippen LogP contribution in [0.15, 0.2) is 47.6 Å². The molecular weight excluding hydrogens is 375 g/mol. The van der Waals surface area contributed by atoms with Crippen molar-refractivity contribution in [2.24, 2.45) is 10.7 Å². The second kappa shape index (κ2) is 7.89. The third-order valence-electron chi connectivity index (χ3n) is 3.35. The van der Waals surface area contributed by atoms with E-state index in [2.05, 4.69) is 9.98 Å². The number of aromatic nitrogens is 1. The van der Waals surface area contributed by atoms with Gasteiger partial charge in [-0.2, -0.15) is 22.0 Å². The highest BCUT2D eigenvalue weighted by Gasteiger charge is 2.30. The molecule has 0 aliphatic carbocycles. The maximum absolute atomic E-state index is 12.6. The van der Waals surface area contributed by atoms with E-state index in [0.717, 1.165) is 36.5 Å². The predicted octanol–water partition coefficient (Wildman–Crippen LogP) is 4.27. The van der Waals surface area contributed by atoms with Crippen molar-refractivity contribution >= 4 is 17.6 Å². The Kier molecular flexibility index (Phi) is 5.83. The number of nitrogens with zero attached hydrogens (tertiary/aromatic N) is 3. The molecule has 11 heteroatoms. The average Bonchev–Trinajstić information content (AvgIpc) is 2.60. The Morgan fingerprint density at radius 1 is 1.26 bits per heavy atom. The van der Waals surface area contributed by atoms with Crippen LogP contribution in [-0.4, -0.2) is 22.7 Å². The Morgan fingerprint density at radius 2 is 1.89 bits per heavy atom. The van der Waals surface area contributed by atoms with Crippen LogP contribution in [0.25, 0.3) is 17.0 Å². The van der Waals surface area contributed by atoms with Gasteiger partial charge in [0.1, 0.15) is 6.20 Å². The molecule has 1 aromatic carbocycles. The lowest BCUT2D eigenvalue weighted by Gasteiger charge is -2.09. The zero-order chi connectivity index (χ0) is 20.2. The number of hydrogen-bond acceptors (Lipinski definition) is 5. The summed E-state index contributed by atoms with van der Waals surface area (Å²) in [6, 6.07) is 5.17. The number of nitrogens with two attached hydrogens (primary N) is 1. The van der Waals surface area contributed by atoms with Crippen LogP contribution in [-0.2, 0) is 6.18 Å². The lowest BCUT2D eigenvalue weighted by molar-refractivity contribution is -0.385. The third-order valence-corrected chi connectivity index (χ3v) is 3.35. The topological polar surface area (TPSA) is 94.4 Å². The Bertz CT molecular complexity index is 893. The van der Waals surface area contributed by atoms with Crippen molar-refractivity contribution in [3.63, 3.8) is 0 Å². The van der Waals surface area contributed by atoms with E-state index in [1.807, 2.05) is 0 Å². The predicted molar refractivity (Wildman–Crippen MR) is 88.0 cm³/mol. The maximum Gasteiger partial charge on any atom is 0.416 e. The fourth-order valence-corrected chi connectivity index (χ4v) is 2.09. The Balaban J connectivity index is 2.47. The summed E-state index contributed by atoms with van der Waals surface area (Å²) in [4.78, 5) is 17.0. The van der Waals surface area contributed by atoms with Gasteiger partial charge in [-0.25, -0.2) is 9.98 Å². The zero-order valence-electron chi connectivity index (χ0n) is 13.3. The fraction of sp³-hybridized carbons (Fsp3) is 0.125. The number of pyridine rings is 1. The quantitative estimate of drug-likeness (QED) is 0.273. The molecule has 0 saturated heterocycles. The van der Waals surface area contributed by atoms with E-state index < -0.39 is 28.9 Å². The minimum atomic E-state index is -4.51. The van der Waals surface area contributed by atoms with E-state index in [0.29, 0.717) is 6.21 Å². The van der Waals surface area contributed by atoms with E-state index in [1.165, 1.54) is 6.07 Å². The zero-order valence-corrected chi connectivity index (χ0v) is 13.3. The first kappa shape index (κ1) is 19.9. The summed E-state index contributed by atoms with van der Waals surface area (Å²) in [5.41, 5.74) is 4.34. The number of aliphatic imine (C=N–C) groups is 1. The van der Waals surface area contributed by atoms with Gasteiger partial charge < -0.3 is 5.73 Å². The summed E-state index contributed by atoms with van der Waals surface area (Å²) in [5, 5.41) is 11.1. The summed E-state index contributed by atoms with van der Waals surface area (Å²) in [6.45, 7) is -2.97. The molecule has 0 bridgehead atoms. The molecule has 0 fully saturated rings. The number of allylic oxidation sites excluding steroid dienone is 1. The largest absolute Gasteiger partial charge is 0.416 e. The van der Waals surface area contributed by atoms with Crippen LogP contribution in [0, 0.1) is 10.1 Å². The van der Waals surface area contributed by atoms with Crippen molar-refractivity contribution in [1.29, 1.82) is 0 Å².